The minimum absolute atomic E-state index is 0.198. The van der Waals surface area contributed by atoms with Gasteiger partial charge in [-0.1, -0.05) is 23.7 Å². The smallest absolute Gasteiger partial charge is 0.255 e. The zero-order chi connectivity index (χ0) is 13.2. The summed E-state index contributed by atoms with van der Waals surface area (Å²) in [6.07, 6.45) is 1.68. The van der Waals surface area contributed by atoms with Crippen LogP contribution < -0.4 is 5.32 Å². The lowest BCUT2D eigenvalue weighted by Gasteiger charge is -2.06. The zero-order valence-electron chi connectivity index (χ0n) is 9.85. The molecule has 0 saturated carbocycles. The van der Waals surface area contributed by atoms with Gasteiger partial charge < -0.3 is 5.32 Å². The Hall–Kier alpha value is -2.33. The highest BCUT2D eigenvalue weighted by Crippen LogP contribution is 2.22. The van der Waals surface area contributed by atoms with E-state index in [4.69, 9.17) is 11.6 Å². The fraction of sp³-hybridized carbons (Fsp3) is 0. The number of amides is 1. The monoisotopic (exact) mass is 271 g/mol. The summed E-state index contributed by atoms with van der Waals surface area (Å²) in [5, 5.41) is 11.1. The molecular weight excluding hydrogens is 262 g/mol. The largest absolute Gasteiger partial charge is 0.321 e. The van der Waals surface area contributed by atoms with Gasteiger partial charge in [0.15, 0.2) is 0 Å². The molecule has 0 atom stereocenters. The Morgan fingerprint density at radius 3 is 2.89 bits per heavy atom. The maximum atomic E-state index is 12.1. The van der Waals surface area contributed by atoms with Gasteiger partial charge in [-0.25, -0.2) is 0 Å². The third kappa shape index (κ3) is 2.30. The molecule has 94 valence electrons. The highest BCUT2D eigenvalue weighted by molar-refractivity contribution is 6.31. The van der Waals surface area contributed by atoms with Crippen LogP contribution in [0.4, 0.5) is 5.69 Å². The van der Waals surface area contributed by atoms with Crippen molar-refractivity contribution in [2.45, 2.75) is 0 Å². The third-order valence-electron chi connectivity index (χ3n) is 2.82. The van der Waals surface area contributed by atoms with Crippen molar-refractivity contribution in [3.63, 3.8) is 0 Å². The molecular formula is C14H10ClN3O. The number of rotatable bonds is 2. The van der Waals surface area contributed by atoms with E-state index in [1.54, 1.807) is 30.5 Å². The van der Waals surface area contributed by atoms with Crippen LogP contribution in [0.25, 0.3) is 10.9 Å². The molecule has 0 aliphatic rings. The Labute approximate surface area is 114 Å². The number of carbonyl (C=O) groups is 1. The summed E-state index contributed by atoms with van der Waals surface area (Å²) in [5.74, 6) is -0.198. The lowest BCUT2D eigenvalue weighted by molar-refractivity contribution is 0.102. The van der Waals surface area contributed by atoms with Crippen LogP contribution in [-0.4, -0.2) is 16.1 Å². The van der Waals surface area contributed by atoms with Gasteiger partial charge in [0.1, 0.15) is 0 Å². The predicted molar refractivity (Wildman–Crippen MR) is 75.5 cm³/mol. The van der Waals surface area contributed by atoms with Crippen LogP contribution in [0, 0.1) is 0 Å². The second-order valence-electron chi connectivity index (χ2n) is 4.10. The van der Waals surface area contributed by atoms with Crippen LogP contribution in [0.1, 0.15) is 10.4 Å². The van der Waals surface area contributed by atoms with Crippen molar-refractivity contribution in [3.05, 3.63) is 59.2 Å². The molecule has 0 radical (unpaired) electrons. The summed E-state index contributed by atoms with van der Waals surface area (Å²) in [4.78, 5) is 12.1. The fourth-order valence-corrected chi connectivity index (χ4v) is 2.09. The van der Waals surface area contributed by atoms with Crippen LogP contribution >= 0.6 is 11.6 Å². The van der Waals surface area contributed by atoms with Gasteiger partial charge in [-0.3, -0.25) is 9.89 Å². The second kappa shape index (κ2) is 4.74. The summed E-state index contributed by atoms with van der Waals surface area (Å²) in [6, 6.07) is 12.4. The van der Waals surface area contributed by atoms with E-state index in [9.17, 15) is 4.79 Å². The molecule has 0 bridgehead atoms. The Morgan fingerprint density at radius 1 is 1.21 bits per heavy atom. The lowest BCUT2D eigenvalue weighted by atomic mass is 10.2. The maximum Gasteiger partial charge on any atom is 0.255 e. The Bertz CT molecular complexity index is 751. The minimum atomic E-state index is -0.198. The van der Waals surface area contributed by atoms with Gasteiger partial charge in [0, 0.05) is 16.0 Å². The van der Waals surface area contributed by atoms with Crippen molar-refractivity contribution in [1.82, 2.24) is 10.2 Å². The van der Waals surface area contributed by atoms with Gasteiger partial charge in [0.25, 0.3) is 5.91 Å². The first kappa shape index (κ1) is 11.7. The molecule has 4 nitrogen and oxygen atoms in total. The van der Waals surface area contributed by atoms with Gasteiger partial charge in [0.2, 0.25) is 0 Å². The zero-order valence-corrected chi connectivity index (χ0v) is 10.6. The number of anilines is 1. The van der Waals surface area contributed by atoms with Crippen molar-refractivity contribution < 1.29 is 4.79 Å². The van der Waals surface area contributed by atoms with E-state index in [0.29, 0.717) is 10.6 Å². The topological polar surface area (TPSA) is 57.8 Å². The second-order valence-corrected chi connectivity index (χ2v) is 4.54. The Morgan fingerprint density at radius 2 is 2.05 bits per heavy atom. The summed E-state index contributed by atoms with van der Waals surface area (Å²) in [5.41, 5.74) is 2.12. The van der Waals surface area contributed by atoms with Crippen LogP contribution in [0.15, 0.2) is 48.7 Å². The number of hydrogen-bond acceptors (Lipinski definition) is 2. The summed E-state index contributed by atoms with van der Waals surface area (Å²) in [7, 11) is 0. The van der Waals surface area contributed by atoms with E-state index in [2.05, 4.69) is 15.5 Å². The van der Waals surface area contributed by atoms with Gasteiger partial charge in [-0.15, -0.1) is 0 Å². The van der Waals surface area contributed by atoms with Gasteiger partial charge in [-0.2, -0.15) is 5.10 Å². The van der Waals surface area contributed by atoms with E-state index in [0.717, 1.165) is 16.6 Å². The van der Waals surface area contributed by atoms with Crippen LogP contribution in [0.2, 0.25) is 5.02 Å². The number of aromatic amines is 1. The summed E-state index contributed by atoms with van der Waals surface area (Å²) >= 11 is 5.87. The van der Waals surface area contributed by atoms with Gasteiger partial charge >= 0.3 is 0 Å². The number of aromatic nitrogens is 2. The summed E-state index contributed by atoms with van der Waals surface area (Å²) in [6.45, 7) is 0. The van der Waals surface area contributed by atoms with Crippen molar-refractivity contribution in [3.8, 4) is 0 Å². The number of benzene rings is 2. The first-order chi connectivity index (χ1) is 9.24. The molecule has 2 aromatic carbocycles. The van der Waals surface area contributed by atoms with E-state index < -0.39 is 0 Å². The molecule has 3 aromatic rings. The SMILES string of the molecule is O=C(Nc1cccc2[nH]ncc12)c1cccc(Cl)c1. The van der Waals surface area contributed by atoms with E-state index in [1.165, 1.54) is 0 Å². The van der Waals surface area contributed by atoms with Crippen molar-refractivity contribution in [1.29, 1.82) is 0 Å². The highest BCUT2D eigenvalue weighted by Gasteiger charge is 2.09. The van der Waals surface area contributed by atoms with E-state index in [-0.39, 0.29) is 5.91 Å². The molecule has 0 unspecified atom stereocenters. The molecule has 1 aromatic heterocycles. The molecule has 1 amide bonds. The Balaban J connectivity index is 1.93. The van der Waals surface area contributed by atoms with Crippen LogP contribution in [0.5, 0.6) is 0 Å². The van der Waals surface area contributed by atoms with E-state index >= 15 is 0 Å². The standard InChI is InChI=1S/C14H10ClN3O/c15-10-4-1-3-9(7-10)14(19)17-12-5-2-6-13-11(12)8-16-18-13/h1-8H,(H,16,18)(H,17,19). The molecule has 5 heteroatoms. The number of halogens is 1. The minimum Gasteiger partial charge on any atom is -0.321 e. The number of hydrogen-bond donors (Lipinski definition) is 2. The van der Waals surface area contributed by atoms with E-state index in [1.807, 2.05) is 18.2 Å². The molecule has 2 N–H and O–H groups in total. The van der Waals surface area contributed by atoms with Crippen LogP contribution in [-0.2, 0) is 0 Å². The number of H-pyrrole nitrogens is 1. The number of fused-ring (bicyclic) bond motifs is 1. The van der Waals surface area contributed by atoms with Crippen molar-refractivity contribution >= 4 is 34.1 Å². The average molecular weight is 272 g/mol. The Kier molecular flexibility index (Phi) is 2.93. The maximum absolute atomic E-state index is 12.1. The van der Waals surface area contributed by atoms with Gasteiger partial charge in [-0.05, 0) is 30.3 Å². The fourth-order valence-electron chi connectivity index (χ4n) is 1.90. The molecule has 0 saturated heterocycles. The normalized spacial score (nSPS) is 10.6. The quantitative estimate of drug-likeness (QED) is 0.750. The predicted octanol–water partition coefficient (Wildman–Crippen LogP) is 3.47. The summed E-state index contributed by atoms with van der Waals surface area (Å²) < 4.78 is 0. The molecule has 0 spiro atoms. The molecule has 3 rings (SSSR count). The lowest BCUT2D eigenvalue weighted by Crippen LogP contribution is -2.11. The average Bonchev–Trinajstić information content (AvgIpc) is 2.88. The molecule has 19 heavy (non-hydrogen) atoms. The number of nitrogens with zero attached hydrogens (tertiary/aromatic N) is 1. The number of nitrogens with one attached hydrogen (secondary N) is 2. The van der Waals surface area contributed by atoms with Gasteiger partial charge in [0.05, 0.1) is 17.4 Å². The number of carbonyl (C=O) groups excluding carboxylic acids is 1. The molecule has 1 heterocycles. The molecule has 0 fully saturated rings. The first-order valence-corrected chi connectivity index (χ1v) is 6.11. The van der Waals surface area contributed by atoms with Crippen LogP contribution in [0.3, 0.4) is 0 Å². The third-order valence-corrected chi connectivity index (χ3v) is 3.05. The molecule has 0 aliphatic heterocycles. The molecule has 0 aliphatic carbocycles. The van der Waals surface area contributed by atoms with Crippen molar-refractivity contribution in [2.24, 2.45) is 0 Å². The highest BCUT2D eigenvalue weighted by atomic mass is 35.5. The first-order valence-electron chi connectivity index (χ1n) is 5.73. The van der Waals surface area contributed by atoms with Crippen molar-refractivity contribution in [2.75, 3.05) is 5.32 Å².